The summed E-state index contributed by atoms with van der Waals surface area (Å²) in [4.78, 5) is 10.8. The van der Waals surface area contributed by atoms with E-state index in [9.17, 15) is 4.79 Å². The Bertz CT molecular complexity index is 222. The SMILES string of the molecule is CNCC(=O)Nc1nnns1. The van der Waals surface area contributed by atoms with Crippen LogP contribution < -0.4 is 10.6 Å². The van der Waals surface area contributed by atoms with Gasteiger partial charge in [0.2, 0.25) is 11.0 Å². The van der Waals surface area contributed by atoms with Crippen LogP contribution >= 0.6 is 11.5 Å². The Balaban J connectivity index is 2.37. The molecule has 2 N–H and O–H groups in total. The van der Waals surface area contributed by atoms with Crippen molar-refractivity contribution in [3.05, 3.63) is 0 Å². The molecule has 0 radical (unpaired) electrons. The predicted octanol–water partition coefficient (Wildman–Crippen LogP) is -0.909. The lowest BCUT2D eigenvalue weighted by molar-refractivity contribution is -0.115. The van der Waals surface area contributed by atoms with E-state index in [-0.39, 0.29) is 12.5 Å². The molecule has 0 aliphatic carbocycles. The highest BCUT2D eigenvalue weighted by molar-refractivity contribution is 7.09. The molecule has 0 spiro atoms. The highest BCUT2D eigenvalue weighted by Crippen LogP contribution is 2.02. The summed E-state index contributed by atoms with van der Waals surface area (Å²) in [6, 6.07) is 0. The Labute approximate surface area is 67.2 Å². The van der Waals surface area contributed by atoms with E-state index in [2.05, 4.69) is 25.4 Å². The smallest absolute Gasteiger partial charge is 0.240 e. The quantitative estimate of drug-likeness (QED) is 0.618. The van der Waals surface area contributed by atoms with Gasteiger partial charge in [0.25, 0.3) is 0 Å². The van der Waals surface area contributed by atoms with Gasteiger partial charge in [0.1, 0.15) is 0 Å². The maximum Gasteiger partial charge on any atom is 0.240 e. The molecule has 0 saturated heterocycles. The summed E-state index contributed by atoms with van der Waals surface area (Å²) in [6.07, 6.45) is 0. The molecule has 1 heterocycles. The fourth-order valence-corrected chi connectivity index (χ4v) is 0.889. The second kappa shape index (κ2) is 3.94. The number of hydrogen-bond acceptors (Lipinski definition) is 6. The minimum absolute atomic E-state index is 0.147. The van der Waals surface area contributed by atoms with Crippen LogP contribution in [-0.4, -0.2) is 34.3 Å². The van der Waals surface area contributed by atoms with Crippen molar-refractivity contribution in [2.75, 3.05) is 18.9 Å². The number of amides is 1. The van der Waals surface area contributed by atoms with Gasteiger partial charge in [-0.05, 0) is 12.3 Å². The summed E-state index contributed by atoms with van der Waals surface area (Å²) in [5.74, 6) is -0.147. The van der Waals surface area contributed by atoms with Crippen molar-refractivity contribution in [3.63, 3.8) is 0 Å². The van der Waals surface area contributed by atoms with Crippen LogP contribution in [0, 0.1) is 0 Å². The minimum Gasteiger partial charge on any atom is -0.311 e. The first-order chi connectivity index (χ1) is 5.33. The number of likely N-dealkylation sites (N-methyl/N-ethyl adjacent to an activating group) is 1. The van der Waals surface area contributed by atoms with Crippen LogP contribution in [0.3, 0.4) is 0 Å². The third-order valence-corrected chi connectivity index (χ3v) is 1.39. The van der Waals surface area contributed by atoms with Gasteiger partial charge in [-0.1, -0.05) is 9.59 Å². The van der Waals surface area contributed by atoms with Crippen LogP contribution in [-0.2, 0) is 4.79 Å². The van der Waals surface area contributed by atoms with Gasteiger partial charge < -0.3 is 5.32 Å². The molecule has 0 atom stereocenters. The third-order valence-electron chi connectivity index (χ3n) is 0.883. The summed E-state index contributed by atoms with van der Waals surface area (Å²) in [6.45, 7) is 0.263. The summed E-state index contributed by atoms with van der Waals surface area (Å²) in [5, 5.41) is 12.5. The molecule has 0 saturated carbocycles. The molecule has 0 bridgehead atoms. The summed E-state index contributed by atoms with van der Waals surface area (Å²) in [7, 11) is 1.69. The molecule has 0 unspecified atom stereocenters. The summed E-state index contributed by atoms with van der Waals surface area (Å²) >= 11 is 1.05. The number of hydrogen-bond donors (Lipinski definition) is 2. The molecule has 0 aliphatic heterocycles. The van der Waals surface area contributed by atoms with Crippen LogP contribution in [0.15, 0.2) is 0 Å². The normalized spacial score (nSPS) is 9.55. The standard InChI is InChI=1S/C4H7N5OS/c1-5-2-3(10)6-4-7-8-9-11-4/h5H,2H2,1H3,(H,6,7,9,10). The predicted molar refractivity (Wildman–Crippen MR) is 40.3 cm³/mol. The highest BCUT2D eigenvalue weighted by Gasteiger charge is 2.02. The monoisotopic (exact) mass is 173 g/mol. The average Bonchev–Trinajstić information content (AvgIpc) is 2.40. The van der Waals surface area contributed by atoms with E-state index in [0.717, 1.165) is 11.5 Å². The summed E-state index contributed by atoms with van der Waals surface area (Å²) < 4.78 is 3.48. The van der Waals surface area contributed by atoms with E-state index in [4.69, 9.17) is 0 Å². The van der Waals surface area contributed by atoms with E-state index in [0.29, 0.717) is 5.13 Å². The van der Waals surface area contributed by atoms with Crippen LogP contribution in [0.1, 0.15) is 0 Å². The second-order valence-electron chi connectivity index (χ2n) is 1.75. The summed E-state index contributed by atoms with van der Waals surface area (Å²) in [5.41, 5.74) is 0. The van der Waals surface area contributed by atoms with Crippen molar-refractivity contribution in [3.8, 4) is 0 Å². The van der Waals surface area contributed by atoms with Crippen LogP contribution in [0.25, 0.3) is 0 Å². The maximum absolute atomic E-state index is 10.8. The van der Waals surface area contributed by atoms with E-state index in [1.165, 1.54) is 0 Å². The van der Waals surface area contributed by atoms with Gasteiger partial charge in [0.05, 0.1) is 6.54 Å². The lowest BCUT2D eigenvalue weighted by Gasteiger charge is -1.96. The first kappa shape index (κ1) is 8.02. The van der Waals surface area contributed by atoms with Crippen LogP contribution in [0.2, 0.25) is 0 Å². The van der Waals surface area contributed by atoms with Crippen molar-refractivity contribution in [2.45, 2.75) is 0 Å². The molecule has 11 heavy (non-hydrogen) atoms. The van der Waals surface area contributed by atoms with E-state index in [1.54, 1.807) is 7.05 Å². The molecular weight excluding hydrogens is 166 g/mol. The highest BCUT2D eigenvalue weighted by atomic mass is 32.1. The fraction of sp³-hybridized carbons (Fsp3) is 0.500. The van der Waals surface area contributed by atoms with E-state index in [1.807, 2.05) is 0 Å². The Morgan fingerprint density at radius 3 is 3.09 bits per heavy atom. The lowest BCUT2D eigenvalue weighted by Crippen LogP contribution is -2.24. The van der Waals surface area contributed by atoms with Crippen molar-refractivity contribution in [1.29, 1.82) is 0 Å². The first-order valence-electron chi connectivity index (χ1n) is 2.92. The molecule has 1 amide bonds. The van der Waals surface area contributed by atoms with Gasteiger partial charge in [-0.3, -0.25) is 10.1 Å². The zero-order valence-electron chi connectivity index (χ0n) is 5.87. The van der Waals surface area contributed by atoms with Gasteiger partial charge >= 0.3 is 0 Å². The molecule has 0 aromatic carbocycles. The van der Waals surface area contributed by atoms with Crippen molar-refractivity contribution in [1.82, 2.24) is 20.1 Å². The van der Waals surface area contributed by atoms with E-state index >= 15 is 0 Å². The molecule has 1 rings (SSSR count). The molecule has 1 aromatic heterocycles. The molecule has 0 aliphatic rings. The molecule has 6 nitrogen and oxygen atoms in total. The number of anilines is 1. The fourth-order valence-electron chi connectivity index (χ4n) is 0.506. The third kappa shape index (κ3) is 2.56. The van der Waals surface area contributed by atoms with Crippen molar-refractivity contribution < 1.29 is 4.79 Å². The number of rotatable bonds is 3. The number of carbonyl (C=O) groups excluding carboxylic acids is 1. The molecular formula is C4H7N5OS. The molecule has 60 valence electrons. The number of nitrogens with zero attached hydrogens (tertiary/aromatic N) is 3. The van der Waals surface area contributed by atoms with Crippen molar-refractivity contribution in [2.24, 2.45) is 0 Å². The Morgan fingerprint density at radius 2 is 2.55 bits per heavy atom. The van der Waals surface area contributed by atoms with Gasteiger partial charge in [0.15, 0.2) is 0 Å². The maximum atomic E-state index is 10.8. The number of aromatic nitrogens is 3. The average molecular weight is 173 g/mol. The Kier molecular flexibility index (Phi) is 2.87. The minimum atomic E-state index is -0.147. The lowest BCUT2D eigenvalue weighted by atomic mass is 10.6. The van der Waals surface area contributed by atoms with Gasteiger partial charge in [-0.2, -0.15) is 0 Å². The van der Waals surface area contributed by atoms with E-state index < -0.39 is 0 Å². The first-order valence-corrected chi connectivity index (χ1v) is 3.69. The van der Waals surface area contributed by atoms with Crippen LogP contribution in [0.5, 0.6) is 0 Å². The van der Waals surface area contributed by atoms with Gasteiger partial charge in [0, 0.05) is 11.5 Å². The van der Waals surface area contributed by atoms with Gasteiger partial charge in [-0.15, -0.1) is 0 Å². The zero-order valence-corrected chi connectivity index (χ0v) is 6.68. The van der Waals surface area contributed by atoms with Gasteiger partial charge in [-0.25, -0.2) is 0 Å². The molecule has 1 aromatic rings. The second-order valence-corrected chi connectivity index (χ2v) is 2.48. The Morgan fingerprint density at radius 1 is 1.73 bits per heavy atom. The van der Waals surface area contributed by atoms with Crippen LogP contribution in [0.4, 0.5) is 5.13 Å². The number of nitrogens with one attached hydrogen (secondary N) is 2. The number of carbonyl (C=O) groups is 1. The van der Waals surface area contributed by atoms with Crippen molar-refractivity contribution >= 4 is 22.6 Å². The molecule has 7 heteroatoms. The zero-order chi connectivity index (χ0) is 8.10. The topological polar surface area (TPSA) is 79.8 Å². The molecule has 0 fully saturated rings. The Hall–Kier alpha value is -1.08. The largest absolute Gasteiger partial charge is 0.311 e.